The van der Waals surface area contributed by atoms with Crippen molar-refractivity contribution in [2.75, 3.05) is 12.3 Å². The van der Waals surface area contributed by atoms with Crippen LogP contribution in [0.1, 0.15) is 51.0 Å². The van der Waals surface area contributed by atoms with E-state index in [2.05, 4.69) is 49.5 Å². The van der Waals surface area contributed by atoms with Crippen molar-refractivity contribution in [2.45, 2.75) is 63.3 Å². The highest BCUT2D eigenvalue weighted by Crippen LogP contribution is 2.25. The van der Waals surface area contributed by atoms with Crippen molar-refractivity contribution in [1.82, 2.24) is 5.32 Å². The molecule has 0 fully saturated rings. The van der Waals surface area contributed by atoms with Gasteiger partial charge in [0.1, 0.15) is 0 Å². The molecule has 2 rings (SSSR count). The molecule has 2 heteroatoms. The Hall–Kier alpha value is -0.730. The molecule has 1 unspecified atom stereocenters. The van der Waals surface area contributed by atoms with E-state index >= 15 is 0 Å². The molecule has 0 saturated heterocycles. The lowest BCUT2D eigenvalue weighted by molar-refractivity contribution is 0.566. The largest absolute Gasteiger partial charge is 0.310 e. The Balaban J connectivity index is 1.97. The fourth-order valence-electron chi connectivity index (χ4n) is 2.96. The Morgan fingerprint density at radius 2 is 2.05 bits per heavy atom. The zero-order chi connectivity index (χ0) is 14.9. The molecule has 21 heavy (non-hydrogen) atoms. The Labute approximate surface area is 134 Å². The Morgan fingerprint density at radius 3 is 2.86 bits per heavy atom. The van der Waals surface area contributed by atoms with Crippen LogP contribution in [0.3, 0.4) is 0 Å². The van der Waals surface area contributed by atoms with Gasteiger partial charge in [0, 0.05) is 16.7 Å². The van der Waals surface area contributed by atoms with Gasteiger partial charge in [-0.3, -0.25) is 0 Å². The second-order valence-corrected chi connectivity index (χ2v) is 7.06. The van der Waals surface area contributed by atoms with Crippen molar-refractivity contribution in [2.24, 2.45) is 0 Å². The quantitative estimate of drug-likeness (QED) is 0.562. The SMILES string of the molecule is CCNC(CSc1cccc(C)c1)/C1=C/CCCCCC1. The number of allylic oxidation sites excluding steroid dienone is 1. The molecule has 0 amide bonds. The lowest BCUT2D eigenvalue weighted by Crippen LogP contribution is -2.33. The third-order valence-electron chi connectivity index (χ3n) is 4.13. The van der Waals surface area contributed by atoms with Crippen LogP contribution in [0.4, 0.5) is 0 Å². The topological polar surface area (TPSA) is 12.0 Å². The highest BCUT2D eigenvalue weighted by Gasteiger charge is 2.14. The van der Waals surface area contributed by atoms with Crippen molar-refractivity contribution in [1.29, 1.82) is 0 Å². The zero-order valence-corrected chi connectivity index (χ0v) is 14.3. The van der Waals surface area contributed by atoms with E-state index in [1.54, 1.807) is 5.57 Å². The van der Waals surface area contributed by atoms with Gasteiger partial charge in [-0.1, -0.05) is 49.1 Å². The number of benzene rings is 1. The van der Waals surface area contributed by atoms with E-state index in [1.165, 1.54) is 49.0 Å². The average Bonchev–Trinajstić information content (AvgIpc) is 2.44. The first-order valence-electron chi connectivity index (χ1n) is 8.41. The summed E-state index contributed by atoms with van der Waals surface area (Å²) in [6.45, 7) is 5.44. The van der Waals surface area contributed by atoms with Crippen LogP contribution in [0.2, 0.25) is 0 Å². The van der Waals surface area contributed by atoms with Gasteiger partial charge < -0.3 is 5.32 Å². The van der Waals surface area contributed by atoms with E-state index in [4.69, 9.17) is 0 Å². The molecule has 1 aliphatic rings. The number of hydrogen-bond acceptors (Lipinski definition) is 2. The van der Waals surface area contributed by atoms with E-state index in [1.807, 2.05) is 11.8 Å². The minimum Gasteiger partial charge on any atom is -0.310 e. The smallest absolute Gasteiger partial charge is 0.0374 e. The summed E-state index contributed by atoms with van der Waals surface area (Å²) < 4.78 is 0. The van der Waals surface area contributed by atoms with Crippen LogP contribution in [0.15, 0.2) is 40.8 Å². The maximum absolute atomic E-state index is 3.70. The number of nitrogens with one attached hydrogen (secondary N) is 1. The molecule has 0 saturated carbocycles. The molecule has 1 nitrogen and oxygen atoms in total. The molecule has 0 aromatic heterocycles. The van der Waals surface area contributed by atoms with E-state index in [0.717, 1.165) is 12.3 Å². The second-order valence-electron chi connectivity index (χ2n) is 5.97. The third-order valence-corrected chi connectivity index (χ3v) is 5.22. The van der Waals surface area contributed by atoms with Crippen LogP contribution in [0.25, 0.3) is 0 Å². The minimum atomic E-state index is 0.540. The Bertz CT molecular complexity index is 453. The van der Waals surface area contributed by atoms with Gasteiger partial charge in [-0.2, -0.15) is 0 Å². The molecule has 1 atom stereocenters. The molecule has 116 valence electrons. The van der Waals surface area contributed by atoms with E-state index in [-0.39, 0.29) is 0 Å². The van der Waals surface area contributed by atoms with E-state index in [9.17, 15) is 0 Å². The molecule has 0 heterocycles. The fourth-order valence-corrected chi connectivity index (χ4v) is 4.10. The average molecular weight is 304 g/mol. The first kappa shape index (κ1) is 16.6. The van der Waals surface area contributed by atoms with Gasteiger partial charge in [-0.25, -0.2) is 0 Å². The zero-order valence-electron chi connectivity index (χ0n) is 13.5. The second kappa shape index (κ2) is 9.32. The first-order chi connectivity index (χ1) is 10.3. The van der Waals surface area contributed by atoms with Crippen molar-refractivity contribution in [3.8, 4) is 0 Å². The monoisotopic (exact) mass is 303 g/mol. The van der Waals surface area contributed by atoms with Gasteiger partial charge in [0.15, 0.2) is 0 Å². The van der Waals surface area contributed by atoms with Crippen molar-refractivity contribution in [3.05, 3.63) is 41.5 Å². The highest BCUT2D eigenvalue weighted by atomic mass is 32.2. The van der Waals surface area contributed by atoms with Crippen molar-refractivity contribution < 1.29 is 0 Å². The predicted molar refractivity (Wildman–Crippen MR) is 95.2 cm³/mol. The number of rotatable bonds is 6. The lowest BCUT2D eigenvalue weighted by Gasteiger charge is -2.23. The Kier molecular flexibility index (Phi) is 7.38. The number of thioether (sulfide) groups is 1. The maximum Gasteiger partial charge on any atom is 0.0374 e. The van der Waals surface area contributed by atoms with Gasteiger partial charge in [0.25, 0.3) is 0 Å². The first-order valence-corrected chi connectivity index (χ1v) is 9.40. The molecule has 0 spiro atoms. The number of hydrogen-bond donors (Lipinski definition) is 1. The summed E-state index contributed by atoms with van der Waals surface area (Å²) in [6.07, 6.45) is 10.6. The summed E-state index contributed by atoms with van der Waals surface area (Å²) in [4.78, 5) is 1.39. The lowest BCUT2D eigenvalue weighted by atomic mass is 9.95. The summed E-state index contributed by atoms with van der Waals surface area (Å²) >= 11 is 1.98. The normalized spacial score (nSPS) is 20.2. The van der Waals surface area contributed by atoms with Crippen molar-refractivity contribution >= 4 is 11.8 Å². The number of aryl methyl sites for hydroxylation is 1. The Morgan fingerprint density at radius 1 is 1.19 bits per heavy atom. The molecule has 0 radical (unpaired) electrons. The van der Waals surface area contributed by atoms with Crippen LogP contribution in [-0.4, -0.2) is 18.3 Å². The minimum absolute atomic E-state index is 0.540. The summed E-state index contributed by atoms with van der Waals surface area (Å²) in [5.41, 5.74) is 3.00. The summed E-state index contributed by atoms with van der Waals surface area (Å²) in [6, 6.07) is 9.39. The van der Waals surface area contributed by atoms with Gasteiger partial charge >= 0.3 is 0 Å². The molecule has 0 bridgehead atoms. The van der Waals surface area contributed by atoms with E-state index < -0.39 is 0 Å². The molecule has 1 aromatic rings. The molecular formula is C19H29NS. The van der Waals surface area contributed by atoms with Crippen LogP contribution >= 0.6 is 11.8 Å². The van der Waals surface area contributed by atoms with Crippen LogP contribution in [-0.2, 0) is 0 Å². The summed E-state index contributed by atoms with van der Waals surface area (Å²) in [5, 5.41) is 3.70. The van der Waals surface area contributed by atoms with Crippen LogP contribution in [0.5, 0.6) is 0 Å². The summed E-state index contributed by atoms with van der Waals surface area (Å²) in [7, 11) is 0. The molecule has 1 aliphatic carbocycles. The molecular weight excluding hydrogens is 274 g/mol. The van der Waals surface area contributed by atoms with Gasteiger partial charge in [0.2, 0.25) is 0 Å². The van der Waals surface area contributed by atoms with Crippen LogP contribution < -0.4 is 5.32 Å². The standard InChI is InChI=1S/C19H29NS/c1-3-20-19(17-11-7-5-4-6-8-12-17)15-21-18-13-9-10-16(2)14-18/h9-11,13-14,19-20H,3-8,12,15H2,1-2H3/b17-11+. The van der Waals surface area contributed by atoms with Crippen molar-refractivity contribution in [3.63, 3.8) is 0 Å². The van der Waals surface area contributed by atoms with E-state index in [0.29, 0.717) is 6.04 Å². The van der Waals surface area contributed by atoms with Gasteiger partial charge in [-0.15, -0.1) is 11.8 Å². The number of likely N-dealkylation sites (N-methyl/N-ethyl adjacent to an activating group) is 1. The maximum atomic E-state index is 3.70. The molecule has 0 aliphatic heterocycles. The fraction of sp³-hybridized carbons (Fsp3) is 0.579. The predicted octanol–water partition coefficient (Wildman–Crippen LogP) is 5.35. The third kappa shape index (κ3) is 5.88. The van der Waals surface area contributed by atoms with Crippen LogP contribution in [0, 0.1) is 6.92 Å². The highest BCUT2D eigenvalue weighted by molar-refractivity contribution is 7.99. The van der Waals surface area contributed by atoms with Gasteiger partial charge in [0.05, 0.1) is 0 Å². The van der Waals surface area contributed by atoms with Gasteiger partial charge in [-0.05, 0) is 51.3 Å². The summed E-state index contributed by atoms with van der Waals surface area (Å²) in [5.74, 6) is 1.14. The molecule has 1 aromatic carbocycles. The molecule has 1 N–H and O–H groups in total.